The third-order valence-electron chi connectivity index (χ3n) is 4.68. The van der Waals surface area contributed by atoms with Crippen LogP contribution in [-0.2, 0) is 24.4 Å². The summed E-state index contributed by atoms with van der Waals surface area (Å²) in [4.78, 5) is 7.09. The van der Waals surface area contributed by atoms with E-state index in [1.54, 1.807) is 13.4 Å². The molecule has 4 rings (SSSR count). The Morgan fingerprint density at radius 2 is 2.32 bits per heavy atom. The quantitative estimate of drug-likeness (QED) is 0.822. The van der Waals surface area contributed by atoms with Crippen LogP contribution in [0.5, 0.6) is 0 Å². The molecule has 0 saturated heterocycles. The van der Waals surface area contributed by atoms with E-state index in [1.165, 1.54) is 24.2 Å². The average Bonchev–Trinajstić information content (AvgIpc) is 3.00. The molecule has 0 bridgehead atoms. The van der Waals surface area contributed by atoms with E-state index in [-0.39, 0.29) is 0 Å². The highest BCUT2D eigenvalue weighted by molar-refractivity contribution is 5.22. The van der Waals surface area contributed by atoms with E-state index in [1.807, 2.05) is 18.5 Å². The normalized spacial score (nSPS) is 22.0. The van der Waals surface area contributed by atoms with Gasteiger partial charge in [-0.25, -0.2) is 4.98 Å². The van der Waals surface area contributed by atoms with Crippen molar-refractivity contribution in [3.63, 3.8) is 0 Å². The van der Waals surface area contributed by atoms with Crippen molar-refractivity contribution in [1.29, 1.82) is 0 Å². The smallest absolute Gasteiger partial charge is 0.117 e. The summed E-state index contributed by atoms with van der Waals surface area (Å²) >= 11 is 0. The molecule has 5 heteroatoms. The van der Waals surface area contributed by atoms with Crippen LogP contribution in [-0.4, -0.2) is 34.7 Å². The monoisotopic (exact) mass is 301 g/mol. The minimum absolute atomic E-state index is 0.393. The highest BCUT2D eigenvalue weighted by Gasteiger charge is 2.32. The summed E-state index contributed by atoms with van der Waals surface area (Å²) in [6, 6.07) is 3.98. The molecule has 2 aromatic rings. The van der Waals surface area contributed by atoms with Crippen molar-refractivity contribution < 1.29 is 9.15 Å². The predicted molar refractivity (Wildman–Crippen MR) is 82.4 cm³/mol. The summed E-state index contributed by atoms with van der Waals surface area (Å²) in [6.45, 7) is 4.60. The third kappa shape index (κ3) is 2.83. The highest BCUT2D eigenvalue weighted by Crippen LogP contribution is 2.34. The molecule has 0 spiro atoms. The SMILES string of the molecule is COC[C@@H]1CN(Cc2ccco2)Cc2ncn(CC3CC3)c21. The molecule has 1 aliphatic heterocycles. The Balaban J connectivity index is 1.55. The van der Waals surface area contributed by atoms with Crippen LogP contribution < -0.4 is 0 Å². The molecule has 22 heavy (non-hydrogen) atoms. The van der Waals surface area contributed by atoms with E-state index in [4.69, 9.17) is 9.15 Å². The largest absolute Gasteiger partial charge is 0.468 e. The van der Waals surface area contributed by atoms with E-state index < -0.39 is 0 Å². The molecule has 1 aliphatic carbocycles. The van der Waals surface area contributed by atoms with Crippen molar-refractivity contribution in [2.75, 3.05) is 20.3 Å². The first-order valence-electron chi connectivity index (χ1n) is 8.11. The Morgan fingerprint density at radius 3 is 3.05 bits per heavy atom. The van der Waals surface area contributed by atoms with Crippen molar-refractivity contribution in [2.45, 2.75) is 38.4 Å². The lowest BCUT2D eigenvalue weighted by Crippen LogP contribution is -2.36. The van der Waals surface area contributed by atoms with Crippen molar-refractivity contribution in [2.24, 2.45) is 5.92 Å². The van der Waals surface area contributed by atoms with E-state index in [2.05, 4.69) is 14.5 Å². The molecule has 1 atom stereocenters. The van der Waals surface area contributed by atoms with Gasteiger partial charge in [0.1, 0.15) is 5.76 Å². The second-order valence-corrected chi connectivity index (χ2v) is 6.57. The van der Waals surface area contributed by atoms with Crippen molar-refractivity contribution in [1.82, 2.24) is 14.5 Å². The molecular weight excluding hydrogens is 278 g/mol. The van der Waals surface area contributed by atoms with Crippen LogP contribution in [0.15, 0.2) is 29.1 Å². The van der Waals surface area contributed by atoms with Gasteiger partial charge in [0.05, 0.1) is 31.4 Å². The Labute approximate surface area is 130 Å². The van der Waals surface area contributed by atoms with Crippen LogP contribution in [0.3, 0.4) is 0 Å². The number of hydrogen-bond donors (Lipinski definition) is 0. The Morgan fingerprint density at radius 1 is 1.41 bits per heavy atom. The van der Waals surface area contributed by atoms with Gasteiger partial charge in [-0.15, -0.1) is 0 Å². The molecule has 118 valence electrons. The van der Waals surface area contributed by atoms with Gasteiger partial charge < -0.3 is 13.7 Å². The van der Waals surface area contributed by atoms with E-state index in [9.17, 15) is 0 Å². The van der Waals surface area contributed by atoms with Crippen molar-refractivity contribution in [3.8, 4) is 0 Å². The number of nitrogens with zero attached hydrogens (tertiary/aromatic N) is 3. The van der Waals surface area contributed by atoms with Gasteiger partial charge in [-0.2, -0.15) is 0 Å². The van der Waals surface area contributed by atoms with Crippen molar-refractivity contribution >= 4 is 0 Å². The van der Waals surface area contributed by atoms with Gasteiger partial charge in [0.2, 0.25) is 0 Å². The zero-order chi connectivity index (χ0) is 14.9. The molecule has 2 aliphatic rings. The number of imidazole rings is 1. The number of ether oxygens (including phenoxy) is 1. The molecule has 3 heterocycles. The Bertz CT molecular complexity index is 616. The highest BCUT2D eigenvalue weighted by atomic mass is 16.5. The van der Waals surface area contributed by atoms with Gasteiger partial charge >= 0.3 is 0 Å². The van der Waals surface area contributed by atoms with Gasteiger partial charge in [-0.1, -0.05) is 0 Å². The maximum absolute atomic E-state index is 5.49. The van der Waals surface area contributed by atoms with Crippen LogP contribution >= 0.6 is 0 Å². The van der Waals surface area contributed by atoms with Gasteiger partial charge in [-0.3, -0.25) is 4.90 Å². The molecule has 0 unspecified atom stereocenters. The number of furan rings is 1. The number of methoxy groups -OCH3 is 1. The molecule has 0 N–H and O–H groups in total. The summed E-state index contributed by atoms with van der Waals surface area (Å²) in [5.74, 6) is 2.27. The summed E-state index contributed by atoms with van der Waals surface area (Å²) in [5, 5.41) is 0. The molecule has 0 aromatic carbocycles. The summed E-state index contributed by atoms with van der Waals surface area (Å²) in [5.41, 5.74) is 2.60. The average molecular weight is 301 g/mol. The third-order valence-corrected chi connectivity index (χ3v) is 4.68. The van der Waals surface area contributed by atoms with Crippen LogP contribution in [0.4, 0.5) is 0 Å². The van der Waals surface area contributed by atoms with Gasteiger partial charge in [0.15, 0.2) is 0 Å². The topological polar surface area (TPSA) is 43.4 Å². The molecule has 2 aromatic heterocycles. The fourth-order valence-electron chi connectivity index (χ4n) is 3.50. The lowest BCUT2D eigenvalue weighted by atomic mass is 9.98. The summed E-state index contributed by atoms with van der Waals surface area (Å²) in [6.07, 6.45) is 6.50. The molecule has 5 nitrogen and oxygen atoms in total. The zero-order valence-electron chi connectivity index (χ0n) is 13.1. The number of hydrogen-bond acceptors (Lipinski definition) is 4. The van der Waals surface area contributed by atoms with Crippen LogP contribution in [0.1, 0.15) is 35.9 Å². The van der Waals surface area contributed by atoms with E-state index in [0.29, 0.717) is 5.92 Å². The fraction of sp³-hybridized carbons (Fsp3) is 0.588. The lowest BCUT2D eigenvalue weighted by Gasteiger charge is -2.32. The molecule has 0 amide bonds. The zero-order valence-corrected chi connectivity index (χ0v) is 13.1. The minimum Gasteiger partial charge on any atom is -0.468 e. The van der Waals surface area contributed by atoms with Gasteiger partial charge in [0, 0.05) is 38.4 Å². The maximum atomic E-state index is 5.49. The predicted octanol–water partition coefficient (Wildman–Crippen LogP) is 2.63. The molecule has 1 saturated carbocycles. The first kappa shape index (κ1) is 14.0. The molecule has 0 radical (unpaired) electrons. The van der Waals surface area contributed by atoms with Crippen LogP contribution in [0.25, 0.3) is 0 Å². The summed E-state index contributed by atoms with van der Waals surface area (Å²) < 4.78 is 13.3. The number of aromatic nitrogens is 2. The van der Waals surface area contributed by atoms with E-state index in [0.717, 1.165) is 44.5 Å². The van der Waals surface area contributed by atoms with Crippen molar-refractivity contribution in [3.05, 3.63) is 41.9 Å². The van der Waals surface area contributed by atoms with Gasteiger partial charge in [-0.05, 0) is 30.9 Å². The Kier molecular flexibility index (Phi) is 3.76. The van der Waals surface area contributed by atoms with Crippen LogP contribution in [0.2, 0.25) is 0 Å². The second-order valence-electron chi connectivity index (χ2n) is 6.57. The van der Waals surface area contributed by atoms with E-state index >= 15 is 0 Å². The first-order valence-corrected chi connectivity index (χ1v) is 8.11. The van der Waals surface area contributed by atoms with Crippen LogP contribution in [0, 0.1) is 5.92 Å². The lowest BCUT2D eigenvalue weighted by molar-refractivity contribution is 0.127. The number of rotatable bonds is 6. The second kappa shape index (κ2) is 5.89. The maximum Gasteiger partial charge on any atom is 0.117 e. The summed E-state index contributed by atoms with van der Waals surface area (Å²) in [7, 11) is 1.78. The standard InChI is InChI=1S/C17H23N3O2/c1-21-11-14-8-19(9-15-3-2-6-22-15)10-16-17(14)20(12-18-16)7-13-4-5-13/h2-3,6,12-14H,4-5,7-11H2,1H3/t14-/m0/s1. The first-order chi connectivity index (χ1) is 10.8. The molecular formula is C17H23N3O2. The van der Waals surface area contributed by atoms with Gasteiger partial charge in [0.25, 0.3) is 0 Å². The fourth-order valence-corrected chi connectivity index (χ4v) is 3.50. The number of fused-ring (bicyclic) bond motifs is 1. The Hall–Kier alpha value is -1.59. The minimum atomic E-state index is 0.393. The molecule has 1 fully saturated rings.